The molecule has 0 heterocycles. The van der Waals surface area contributed by atoms with E-state index in [0.717, 1.165) is 37.1 Å². The summed E-state index contributed by atoms with van der Waals surface area (Å²) in [5, 5.41) is 0. The van der Waals surface area contributed by atoms with Crippen LogP contribution in [0, 0.1) is 6.92 Å². The molecule has 2 heteroatoms. The van der Waals surface area contributed by atoms with Gasteiger partial charge in [0.25, 0.3) is 0 Å². The highest BCUT2D eigenvalue weighted by molar-refractivity contribution is 5.82. The second kappa shape index (κ2) is 10.1. The molecule has 1 aliphatic rings. The average molecular weight is 339 g/mol. The monoisotopic (exact) mass is 338 g/mol. The first-order chi connectivity index (χ1) is 11.9. The molecule has 0 unspecified atom stereocenters. The van der Waals surface area contributed by atoms with E-state index in [4.69, 9.17) is 5.73 Å². The van der Waals surface area contributed by atoms with Gasteiger partial charge in [0.05, 0.1) is 0 Å². The molecule has 2 N–H and O–H groups in total. The first-order valence-corrected chi connectivity index (χ1v) is 9.26. The number of benzene rings is 1. The van der Waals surface area contributed by atoms with Gasteiger partial charge in [-0.1, -0.05) is 50.8 Å². The number of nitrogens with two attached hydrogens (primary N) is 1. The Balaban J connectivity index is 0.000000275. The highest BCUT2D eigenvalue weighted by Gasteiger charge is 2.39. The zero-order valence-corrected chi connectivity index (χ0v) is 16.6. The molecule has 1 aromatic carbocycles. The Kier molecular flexibility index (Phi) is 8.57. The van der Waals surface area contributed by atoms with E-state index < -0.39 is 0 Å². The summed E-state index contributed by atoms with van der Waals surface area (Å²) in [7, 11) is 0. The fourth-order valence-corrected chi connectivity index (χ4v) is 2.39. The van der Waals surface area contributed by atoms with Crippen LogP contribution in [0.15, 0.2) is 53.7 Å². The topological polar surface area (TPSA) is 38.4 Å². The van der Waals surface area contributed by atoms with E-state index in [9.17, 15) is 0 Å². The lowest BCUT2D eigenvalue weighted by atomic mass is 9.99. The van der Waals surface area contributed by atoms with Gasteiger partial charge >= 0.3 is 0 Å². The van der Waals surface area contributed by atoms with Crippen molar-refractivity contribution in [2.24, 2.45) is 10.7 Å². The maximum Gasteiger partial charge on any atom is 0.0411 e. The van der Waals surface area contributed by atoms with E-state index in [1.165, 1.54) is 16.7 Å². The molecule has 0 atom stereocenters. The molecule has 0 bridgehead atoms. The molecular weight excluding hydrogens is 304 g/mol. The molecule has 25 heavy (non-hydrogen) atoms. The number of hydrogen-bond acceptors (Lipinski definition) is 2. The van der Waals surface area contributed by atoms with Crippen LogP contribution in [-0.2, 0) is 5.54 Å². The number of aryl methyl sites for hydroxylation is 1. The van der Waals surface area contributed by atoms with Crippen molar-refractivity contribution in [1.29, 1.82) is 0 Å². The number of hydrogen-bond donors (Lipinski definition) is 1. The zero-order valence-electron chi connectivity index (χ0n) is 16.6. The van der Waals surface area contributed by atoms with Gasteiger partial charge in [0.1, 0.15) is 0 Å². The lowest BCUT2D eigenvalue weighted by molar-refractivity contribution is 0.739. The lowest BCUT2D eigenvalue weighted by Crippen LogP contribution is -2.18. The Labute approximate surface area is 154 Å². The molecule has 0 radical (unpaired) electrons. The van der Waals surface area contributed by atoms with Crippen LogP contribution in [0.5, 0.6) is 0 Å². The summed E-state index contributed by atoms with van der Waals surface area (Å²) in [6, 6.07) is 6.59. The minimum absolute atomic E-state index is 0.0114. The normalized spacial score (nSPS) is 16.4. The molecule has 1 aromatic rings. The Morgan fingerprint density at radius 3 is 2.48 bits per heavy atom. The molecule has 1 saturated carbocycles. The standard InChI is InChI=1S/C14H19N.C9H15N/c1-3-4-5-12-10-13(7-6-11(12)2)14(15)8-9-14;1-5-7-9(4)10-8(3)6-2/h4-7,10H,3,8-9,15H2,1-2H3;5,7H,1,6H2,2-4H3/b5-4-;9-7-,10-8?. The quantitative estimate of drug-likeness (QED) is 0.479. The molecule has 1 aliphatic carbocycles. The molecule has 0 aliphatic heterocycles. The van der Waals surface area contributed by atoms with E-state index in [1.54, 1.807) is 6.08 Å². The van der Waals surface area contributed by atoms with Crippen molar-refractivity contribution >= 4 is 11.8 Å². The molecule has 1 fully saturated rings. The highest BCUT2D eigenvalue weighted by Crippen LogP contribution is 2.43. The first-order valence-electron chi connectivity index (χ1n) is 9.26. The summed E-state index contributed by atoms with van der Waals surface area (Å²) in [5.41, 5.74) is 12.3. The van der Waals surface area contributed by atoms with Crippen LogP contribution in [0.4, 0.5) is 0 Å². The number of rotatable bonds is 6. The molecule has 136 valence electrons. The van der Waals surface area contributed by atoms with Crippen LogP contribution < -0.4 is 5.73 Å². The summed E-state index contributed by atoms with van der Waals surface area (Å²) in [6.45, 7) is 14.0. The van der Waals surface area contributed by atoms with Crippen LogP contribution in [0.2, 0.25) is 0 Å². The van der Waals surface area contributed by atoms with Gasteiger partial charge in [-0.15, -0.1) is 0 Å². The van der Waals surface area contributed by atoms with Gasteiger partial charge in [0, 0.05) is 16.9 Å². The maximum absolute atomic E-state index is 6.19. The SMILES string of the molecule is C=C/C=C(/C)N=C(C)CC.CC/C=C\c1cc(C2(N)CC2)ccc1C. The van der Waals surface area contributed by atoms with Crippen LogP contribution >= 0.6 is 0 Å². The minimum atomic E-state index is -0.0114. The first kappa shape index (κ1) is 21.1. The lowest BCUT2D eigenvalue weighted by Gasteiger charge is -2.11. The molecule has 0 spiro atoms. The maximum atomic E-state index is 6.19. The Hall–Kier alpha value is -1.93. The van der Waals surface area contributed by atoms with Crippen LogP contribution in [0.3, 0.4) is 0 Å². The summed E-state index contributed by atoms with van der Waals surface area (Å²) >= 11 is 0. The second-order valence-corrected chi connectivity index (χ2v) is 6.78. The van der Waals surface area contributed by atoms with Crippen molar-refractivity contribution in [1.82, 2.24) is 0 Å². The third-order valence-electron chi connectivity index (χ3n) is 4.41. The molecule has 2 rings (SSSR count). The third-order valence-corrected chi connectivity index (χ3v) is 4.41. The van der Waals surface area contributed by atoms with Crippen LogP contribution in [0.1, 0.15) is 70.1 Å². The van der Waals surface area contributed by atoms with E-state index in [2.05, 4.69) is 62.7 Å². The van der Waals surface area contributed by atoms with Gasteiger partial charge in [-0.2, -0.15) is 0 Å². The Morgan fingerprint density at radius 1 is 1.28 bits per heavy atom. The van der Waals surface area contributed by atoms with E-state index >= 15 is 0 Å². The van der Waals surface area contributed by atoms with Crippen molar-refractivity contribution in [3.8, 4) is 0 Å². The molecule has 0 saturated heterocycles. The molecule has 0 amide bonds. The van der Waals surface area contributed by atoms with Crippen molar-refractivity contribution < 1.29 is 0 Å². The highest BCUT2D eigenvalue weighted by atomic mass is 14.8. The van der Waals surface area contributed by atoms with Gasteiger partial charge in [-0.05, 0) is 75.3 Å². The summed E-state index contributed by atoms with van der Waals surface area (Å²) in [6.07, 6.45) is 12.4. The summed E-state index contributed by atoms with van der Waals surface area (Å²) in [5.74, 6) is 0. The van der Waals surface area contributed by atoms with Crippen molar-refractivity contribution in [2.45, 2.75) is 65.8 Å². The smallest absolute Gasteiger partial charge is 0.0411 e. The van der Waals surface area contributed by atoms with Crippen molar-refractivity contribution in [3.05, 3.63) is 65.4 Å². The Morgan fingerprint density at radius 2 is 1.96 bits per heavy atom. The zero-order chi connectivity index (χ0) is 18.9. The summed E-state index contributed by atoms with van der Waals surface area (Å²) in [4.78, 5) is 4.29. The number of allylic oxidation sites excluding steroid dienone is 4. The Bertz CT molecular complexity index is 659. The molecule has 2 nitrogen and oxygen atoms in total. The predicted octanol–water partition coefficient (Wildman–Crippen LogP) is 6.31. The van der Waals surface area contributed by atoms with Gasteiger partial charge in [0.15, 0.2) is 0 Å². The van der Waals surface area contributed by atoms with E-state index in [-0.39, 0.29) is 5.54 Å². The third kappa shape index (κ3) is 7.23. The van der Waals surface area contributed by atoms with Gasteiger partial charge in [0.2, 0.25) is 0 Å². The van der Waals surface area contributed by atoms with E-state index in [1.807, 2.05) is 19.9 Å². The minimum Gasteiger partial charge on any atom is -0.321 e. The largest absolute Gasteiger partial charge is 0.321 e. The van der Waals surface area contributed by atoms with Crippen molar-refractivity contribution in [2.75, 3.05) is 0 Å². The fraction of sp³-hybridized carbons (Fsp3) is 0.435. The van der Waals surface area contributed by atoms with Crippen LogP contribution in [0.25, 0.3) is 6.08 Å². The van der Waals surface area contributed by atoms with Crippen LogP contribution in [-0.4, -0.2) is 5.71 Å². The summed E-state index contributed by atoms with van der Waals surface area (Å²) < 4.78 is 0. The van der Waals surface area contributed by atoms with E-state index in [0.29, 0.717) is 0 Å². The number of aliphatic imine (C=N–C) groups is 1. The molecule has 0 aromatic heterocycles. The molecular formula is C23H34N2. The van der Waals surface area contributed by atoms with Gasteiger partial charge in [-0.3, -0.25) is 4.99 Å². The number of nitrogens with zero attached hydrogens (tertiary/aromatic N) is 1. The average Bonchev–Trinajstić information content (AvgIpc) is 3.33. The second-order valence-electron chi connectivity index (χ2n) is 6.78. The predicted molar refractivity (Wildman–Crippen MR) is 113 cm³/mol. The van der Waals surface area contributed by atoms with Gasteiger partial charge in [-0.25, -0.2) is 0 Å². The van der Waals surface area contributed by atoms with Gasteiger partial charge < -0.3 is 5.73 Å². The fourth-order valence-electron chi connectivity index (χ4n) is 2.39. The van der Waals surface area contributed by atoms with Crippen molar-refractivity contribution in [3.63, 3.8) is 0 Å².